The van der Waals surface area contributed by atoms with E-state index in [9.17, 15) is 9.18 Å². The molecule has 0 radical (unpaired) electrons. The Morgan fingerprint density at radius 3 is 3.05 bits per heavy atom. The number of hydrogen-bond donors (Lipinski definition) is 2. The van der Waals surface area contributed by atoms with E-state index in [2.05, 4.69) is 22.1 Å². The molecule has 1 aromatic carbocycles. The quantitative estimate of drug-likeness (QED) is 0.843. The number of nitrogens with one attached hydrogen (secondary N) is 1. The number of nitrogens with zero attached hydrogens (tertiary/aromatic N) is 1. The summed E-state index contributed by atoms with van der Waals surface area (Å²) in [6, 6.07) is 3.79. The first kappa shape index (κ1) is 15.2. The average molecular weight is 304 g/mol. The van der Waals surface area contributed by atoms with E-state index in [1.54, 1.807) is 5.51 Å². The molecule has 21 heavy (non-hydrogen) atoms. The van der Waals surface area contributed by atoms with Gasteiger partial charge in [-0.3, -0.25) is 4.79 Å². The van der Waals surface area contributed by atoms with Crippen LogP contribution in [0.2, 0.25) is 0 Å². The van der Waals surface area contributed by atoms with Gasteiger partial charge in [0.05, 0.1) is 16.8 Å². The third-order valence-electron chi connectivity index (χ3n) is 2.68. The summed E-state index contributed by atoms with van der Waals surface area (Å²) in [6.45, 7) is 0.0915. The Morgan fingerprint density at radius 1 is 1.48 bits per heavy atom. The molecule has 6 heteroatoms. The van der Waals surface area contributed by atoms with Crippen LogP contribution in [0.5, 0.6) is 0 Å². The number of hydrogen-bond acceptors (Lipinski definition) is 4. The van der Waals surface area contributed by atoms with Crippen LogP contribution in [0.15, 0.2) is 29.1 Å². The molecule has 1 heterocycles. The highest BCUT2D eigenvalue weighted by molar-refractivity contribution is 7.07. The van der Waals surface area contributed by atoms with Crippen molar-refractivity contribution in [3.8, 4) is 11.8 Å². The molecule has 2 N–H and O–H groups in total. The molecule has 2 aromatic rings. The molecule has 0 unspecified atom stereocenters. The molecule has 0 saturated carbocycles. The number of aliphatic hydroxyl groups excluding tert-OH is 1. The number of rotatable bonds is 4. The number of carbonyl (C=O) groups is 1. The van der Waals surface area contributed by atoms with Gasteiger partial charge < -0.3 is 10.4 Å². The van der Waals surface area contributed by atoms with Gasteiger partial charge in [0.1, 0.15) is 12.4 Å². The van der Waals surface area contributed by atoms with Crippen molar-refractivity contribution < 1.29 is 14.3 Å². The first-order valence-electron chi connectivity index (χ1n) is 6.25. The second-order valence-corrected chi connectivity index (χ2v) is 4.85. The minimum Gasteiger partial charge on any atom is -0.384 e. The molecule has 0 bridgehead atoms. The fourth-order valence-corrected chi connectivity index (χ4v) is 2.30. The zero-order chi connectivity index (χ0) is 15.1. The Kier molecular flexibility index (Phi) is 5.43. The minimum atomic E-state index is -0.505. The first-order chi connectivity index (χ1) is 10.2. The highest BCUT2D eigenvalue weighted by Gasteiger charge is 2.11. The standard InChI is InChI=1S/C15H13FN2O2S/c16-12-4-3-11(2-1-7-19)14(8-12)15(20)17-6-5-13-9-21-10-18-13/h3-4,8-10,19H,5-7H2,(H,17,20). The van der Waals surface area contributed by atoms with E-state index in [4.69, 9.17) is 5.11 Å². The van der Waals surface area contributed by atoms with Gasteiger partial charge in [-0.2, -0.15) is 0 Å². The lowest BCUT2D eigenvalue weighted by Crippen LogP contribution is -2.26. The number of aliphatic hydroxyl groups is 1. The lowest BCUT2D eigenvalue weighted by Gasteiger charge is -2.06. The molecule has 1 aromatic heterocycles. The van der Waals surface area contributed by atoms with Gasteiger partial charge >= 0.3 is 0 Å². The molecule has 0 fully saturated rings. The molecule has 0 saturated heterocycles. The van der Waals surface area contributed by atoms with Gasteiger partial charge in [-0.15, -0.1) is 11.3 Å². The molecule has 2 rings (SSSR count). The highest BCUT2D eigenvalue weighted by Crippen LogP contribution is 2.10. The van der Waals surface area contributed by atoms with Gasteiger partial charge in [-0.1, -0.05) is 11.8 Å². The predicted molar refractivity (Wildman–Crippen MR) is 78.5 cm³/mol. The van der Waals surface area contributed by atoms with Crippen molar-refractivity contribution >= 4 is 17.2 Å². The fraction of sp³-hybridized carbons (Fsp3) is 0.200. The van der Waals surface area contributed by atoms with E-state index < -0.39 is 11.7 Å². The lowest BCUT2D eigenvalue weighted by atomic mass is 10.1. The summed E-state index contributed by atoms with van der Waals surface area (Å²) in [7, 11) is 0. The second-order valence-electron chi connectivity index (χ2n) is 4.14. The average Bonchev–Trinajstić information content (AvgIpc) is 2.99. The summed E-state index contributed by atoms with van der Waals surface area (Å²) < 4.78 is 13.3. The summed E-state index contributed by atoms with van der Waals surface area (Å²) in [5.41, 5.74) is 3.18. The van der Waals surface area contributed by atoms with Crippen molar-refractivity contribution in [2.45, 2.75) is 6.42 Å². The van der Waals surface area contributed by atoms with Crippen molar-refractivity contribution in [2.24, 2.45) is 0 Å². The summed E-state index contributed by atoms with van der Waals surface area (Å²) in [6.07, 6.45) is 0.613. The summed E-state index contributed by atoms with van der Waals surface area (Å²) >= 11 is 1.49. The number of amides is 1. The smallest absolute Gasteiger partial charge is 0.252 e. The Morgan fingerprint density at radius 2 is 2.33 bits per heavy atom. The normalized spacial score (nSPS) is 9.81. The summed E-state index contributed by atoms with van der Waals surface area (Å²) in [5, 5.41) is 13.3. The largest absolute Gasteiger partial charge is 0.384 e. The van der Waals surface area contributed by atoms with Crippen LogP contribution in [0.25, 0.3) is 0 Å². The van der Waals surface area contributed by atoms with E-state index in [1.807, 2.05) is 5.38 Å². The van der Waals surface area contributed by atoms with Crippen molar-refractivity contribution in [1.29, 1.82) is 0 Å². The number of carbonyl (C=O) groups excluding carboxylic acids is 1. The number of thiazole rings is 1. The Balaban J connectivity index is 2.05. The lowest BCUT2D eigenvalue weighted by molar-refractivity contribution is 0.0953. The van der Waals surface area contributed by atoms with Crippen LogP contribution in [-0.4, -0.2) is 29.1 Å². The third-order valence-corrected chi connectivity index (χ3v) is 3.31. The molecule has 108 valence electrons. The topological polar surface area (TPSA) is 62.2 Å². The molecule has 0 spiro atoms. The maximum Gasteiger partial charge on any atom is 0.252 e. The van der Waals surface area contributed by atoms with Gasteiger partial charge in [-0.05, 0) is 18.2 Å². The molecular weight excluding hydrogens is 291 g/mol. The van der Waals surface area contributed by atoms with Gasteiger partial charge in [0, 0.05) is 23.9 Å². The Bertz CT molecular complexity index is 675. The van der Waals surface area contributed by atoms with E-state index in [1.165, 1.54) is 23.5 Å². The van der Waals surface area contributed by atoms with Crippen LogP contribution in [-0.2, 0) is 6.42 Å². The van der Waals surface area contributed by atoms with E-state index in [0.29, 0.717) is 18.5 Å². The molecule has 0 atom stereocenters. The van der Waals surface area contributed by atoms with Gasteiger partial charge in [0.2, 0.25) is 0 Å². The van der Waals surface area contributed by atoms with Crippen molar-refractivity contribution in [1.82, 2.24) is 10.3 Å². The molecule has 1 amide bonds. The van der Waals surface area contributed by atoms with Crippen LogP contribution in [0.3, 0.4) is 0 Å². The maximum absolute atomic E-state index is 13.3. The fourth-order valence-electron chi connectivity index (χ4n) is 1.71. The molecule has 0 aliphatic carbocycles. The molecule has 0 aliphatic rings. The summed E-state index contributed by atoms with van der Waals surface area (Å²) in [5.74, 6) is 4.19. The van der Waals surface area contributed by atoms with E-state index in [-0.39, 0.29) is 12.2 Å². The zero-order valence-corrected chi connectivity index (χ0v) is 11.9. The number of benzene rings is 1. The number of aromatic nitrogens is 1. The monoisotopic (exact) mass is 304 g/mol. The minimum absolute atomic E-state index is 0.161. The van der Waals surface area contributed by atoms with Crippen LogP contribution in [0.1, 0.15) is 21.6 Å². The maximum atomic E-state index is 13.3. The van der Waals surface area contributed by atoms with Crippen molar-refractivity contribution in [3.63, 3.8) is 0 Å². The summed E-state index contributed by atoms with van der Waals surface area (Å²) in [4.78, 5) is 16.2. The number of halogens is 1. The van der Waals surface area contributed by atoms with E-state index >= 15 is 0 Å². The van der Waals surface area contributed by atoms with Crippen LogP contribution in [0, 0.1) is 17.7 Å². The van der Waals surface area contributed by atoms with Crippen LogP contribution in [0.4, 0.5) is 4.39 Å². The zero-order valence-electron chi connectivity index (χ0n) is 11.1. The van der Waals surface area contributed by atoms with Gasteiger partial charge in [0.25, 0.3) is 5.91 Å². The predicted octanol–water partition coefficient (Wildman–Crippen LogP) is 1.60. The molecule has 4 nitrogen and oxygen atoms in total. The Hall–Kier alpha value is -2.23. The Labute approximate surface area is 125 Å². The molecule has 0 aliphatic heterocycles. The van der Waals surface area contributed by atoms with Crippen LogP contribution < -0.4 is 5.32 Å². The van der Waals surface area contributed by atoms with Gasteiger partial charge in [-0.25, -0.2) is 9.37 Å². The van der Waals surface area contributed by atoms with Crippen molar-refractivity contribution in [3.05, 3.63) is 51.7 Å². The van der Waals surface area contributed by atoms with Crippen LogP contribution >= 0.6 is 11.3 Å². The van der Waals surface area contributed by atoms with E-state index in [0.717, 1.165) is 11.8 Å². The SMILES string of the molecule is O=C(NCCc1cscn1)c1cc(F)ccc1C#CCO. The van der Waals surface area contributed by atoms with Gasteiger partial charge in [0.15, 0.2) is 0 Å². The second kappa shape index (κ2) is 7.53. The third kappa shape index (κ3) is 4.38. The first-order valence-corrected chi connectivity index (χ1v) is 7.19. The van der Waals surface area contributed by atoms with Crippen molar-refractivity contribution in [2.75, 3.05) is 13.2 Å². The molecular formula is C15H13FN2O2S. The highest BCUT2D eigenvalue weighted by atomic mass is 32.1.